The zero-order valence-corrected chi connectivity index (χ0v) is 10.4. The van der Waals surface area contributed by atoms with Crippen LogP contribution in [0.25, 0.3) is 0 Å². The van der Waals surface area contributed by atoms with Crippen molar-refractivity contribution in [3.8, 4) is 0 Å². The first kappa shape index (κ1) is 12.3. The van der Waals surface area contributed by atoms with Gasteiger partial charge in [0.2, 0.25) is 15.2 Å². The van der Waals surface area contributed by atoms with E-state index in [2.05, 4.69) is 14.9 Å². The van der Waals surface area contributed by atoms with Gasteiger partial charge in [-0.2, -0.15) is 0 Å². The van der Waals surface area contributed by atoms with Crippen molar-refractivity contribution < 1.29 is 8.42 Å². The molecule has 0 unspecified atom stereocenters. The van der Waals surface area contributed by atoms with Crippen molar-refractivity contribution in [1.29, 1.82) is 0 Å². The van der Waals surface area contributed by atoms with Crippen LogP contribution in [0.2, 0.25) is 0 Å². The smallest absolute Gasteiger partial charge is 0.234 e. The molecule has 0 aliphatic rings. The molecule has 1 aromatic rings. The Bertz CT molecular complexity index is 432. The molecule has 0 radical (unpaired) electrons. The van der Waals surface area contributed by atoms with Crippen LogP contribution in [0.4, 0.5) is 5.13 Å². The lowest BCUT2D eigenvalue weighted by Crippen LogP contribution is -2.28. The monoisotopic (exact) mass is 250 g/mol. The molecular weight excluding hydrogens is 236 g/mol. The Labute approximate surface area is 93.0 Å². The van der Waals surface area contributed by atoms with Crippen molar-refractivity contribution in [2.45, 2.75) is 26.3 Å². The number of nitrogens with zero attached hydrogens (tertiary/aromatic N) is 2. The van der Waals surface area contributed by atoms with Crippen LogP contribution in [0.15, 0.2) is 0 Å². The van der Waals surface area contributed by atoms with Crippen molar-refractivity contribution in [2.75, 3.05) is 10.5 Å². The van der Waals surface area contributed by atoms with Gasteiger partial charge in [0, 0.05) is 0 Å². The van der Waals surface area contributed by atoms with Gasteiger partial charge in [-0.05, 0) is 20.8 Å². The molecule has 0 aliphatic heterocycles. The molecule has 0 aromatic carbocycles. The van der Waals surface area contributed by atoms with E-state index in [1.807, 2.05) is 0 Å². The van der Waals surface area contributed by atoms with Crippen molar-refractivity contribution >= 4 is 26.5 Å². The van der Waals surface area contributed by atoms with Crippen LogP contribution >= 0.6 is 11.3 Å². The van der Waals surface area contributed by atoms with Crippen LogP contribution in [0.1, 0.15) is 25.8 Å². The van der Waals surface area contributed by atoms with Gasteiger partial charge in [-0.3, -0.25) is 4.72 Å². The van der Waals surface area contributed by atoms with Gasteiger partial charge in [0.15, 0.2) is 0 Å². The van der Waals surface area contributed by atoms with E-state index in [0.717, 1.165) is 11.3 Å². The second-order valence-electron chi connectivity index (χ2n) is 3.64. The zero-order chi connectivity index (χ0) is 11.7. The van der Waals surface area contributed by atoms with Crippen LogP contribution in [0, 0.1) is 0 Å². The van der Waals surface area contributed by atoms with E-state index >= 15 is 0 Å². The van der Waals surface area contributed by atoms with E-state index in [4.69, 9.17) is 5.73 Å². The van der Waals surface area contributed by atoms with E-state index in [1.54, 1.807) is 20.8 Å². The SMILES string of the molecule is CCS(=O)(=O)Nc1nnc(C(C)(C)N)s1. The second kappa shape index (κ2) is 4.03. The summed E-state index contributed by atoms with van der Waals surface area (Å²) in [6, 6.07) is 0. The average molecular weight is 250 g/mol. The first-order valence-electron chi connectivity index (χ1n) is 4.38. The molecule has 1 rings (SSSR count). The van der Waals surface area contributed by atoms with E-state index in [0.29, 0.717) is 5.01 Å². The molecule has 15 heavy (non-hydrogen) atoms. The number of anilines is 1. The highest BCUT2D eigenvalue weighted by Crippen LogP contribution is 2.24. The first-order chi connectivity index (χ1) is 6.74. The van der Waals surface area contributed by atoms with Gasteiger partial charge in [-0.15, -0.1) is 10.2 Å². The fourth-order valence-corrected chi connectivity index (χ4v) is 2.34. The van der Waals surface area contributed by atoms with E-state index < -0.39 is 15.6 Å². The van der Waals surface area contributed by atoms with Crippen LogP contribution < -0.4 is 10.5 Å². The summed E-state index contributed by atoms with van der Waals surface area (Å²) < 4.78 is 24.8. The summed E-state index contributed by atoms with van der Waals surface area (Å²) in [4.78, 5) is 0. The molecule has 8 heteroatoms. The van der Waals surface area contributed by atoms with E-state index in [9.17, 15) is 8.42 Å². The third-order valence-corrected chi connectivity index (χ3v) is 4.17. The maximum atomic E-state index is 11.2. The number of nitrogens with two attached hydrogens (primary N) is 1. The lowest BCUT2D eigenvalue weighted by Gasteiger charge is -2.12. The zero-order valence-electron chi connectivity index (χ0n) is 8.81. The summed E-state index contributed by atoms with van der Waals surface area (Å²) in [7, 11) is -3.29. The molecule has 86 valence electrons. The lowest BCUT2D eigenvalue weighted by atomic mass is 10.1. The molecule has 0 saturated heterocycles. The topological polar surface area (TPSA) is 98.0 Å². The van der Waals surface area contributed by atoms with Gasteiger partial charge in [0.25, 0.3) is 0 Å². The molecular formula is C7H14N4O2S2. The van der Waals surface area contributed by atoms with Crippen LogP contribution in [-0.2, 0) is 15.6 Å². The van der Waals surface area contributed by atoms with Crippen LogP contribution in [0.3, 0.4) is 0 Å². The summed E-state index contributed by atoms with van der Waals surface area (Å²) in [6.45, 7) is 5.12. The second-order valence-corrected chi connectivity index (χ2v) is 6.63. The Hall–Kier alpha value is -0.730. The average Bonchev–Trinajstić information content (AvgIpc) is 2.51. The number of hydrogen-bond donors (Lipinski definition) is 2. The quantitative estimate of drug-likeness (QED) is 0.810. The highest BCUT2D eigenvalue weighted by atomic mass is 32.2. The summed E-state index contributed by atoms with van der Waals surface area (Å²) in [5.41, 5.74) is 5.19. The third-order valence-electron chi connectivity index (χ3n) is 1.60. The summed E-state index contributed by atoms with van der Waals surface area (Å²) in [5, 5.41) is 8.39. The van der Waals surface area contributed by atoms with Gasteiger partial charge in [-0.25, -0.2) is 8.42 Å². The van der Waals surface area contributed by atoms with Gasteiger partial charge < -0.3 is 5.73 Å². The van der Waals surface area contributed by atoms with Crippen LogP contribution in [-0.4, -0.2) is 24.4 Å². The number of rotatable bonds is 4. The lowest BCUT2D eigenvalue weighted by molar-refractivity contribution is 0.544. The fourth-order valence-electron chi connectivity index (χ4n) is 0.730. The molecule has 1 aromatic heterocycles. The Morgan fingerprint density at radius 2 is 2.07 bits per heavy atom. The van der Waals surface area contributed by atoms with Crippen molar-refractivity contribution in [2.24, 2.45) is 5.73 Å². The largest absolute Gasteiger partial charge is 0.320 e. The highest BCUT2D eigenvalue weighted by molar-refractivity contribution is 7.92. The molecule has 1 heterocycles. The summed E-state index contributed by atoms with van der Waals surface area (Å²) in [5.74, 6) is 0.00787. The van der Waals surface area contributed by atoms with Gasteiger partial charge in [0.05, 0.1) is 11.3 Å². The number of nitrogens with one attached hydrogen (secondary N) is 1. The number of sulfonamides is 1. The molecule has 0 amide bonds. The highest BCUT2D eigenvalue weighted by Gasteiger charge is 2.21. The Kier molecular flexibility index (Phi) is 3.31. The standard InChI is InChI=1S/C7H14N4O2S2/c1-4-15(12,13)11-6-10-9-5(14-6)7(2,3)8/h4,8H2,1-3H3,(H,10,11). The fraction of sp³-hybridized carbons (Fsp3) is 0.714. The van der Waals surface area contributed by atoms with Crippen molar-refractivity contribution in [1.82, 2.24) is 10.2 Å². The minimum Gasteiger partial charge on any atom is -0.320 e. The molecule has 3 N–H and O–H groups in total. The Balaban J connectivity index is 2.87. The normalized spacial score (nSPS) is 12.8. The molecule has 0 atom stereocenters. The number of hydrogen-bond acceptors (Lipinski definition) is 6. The third kappa shape index (κ3) is 3.40. The number of aromatic nitrogens is 2. The predicted octanol–water partition coefficient (Wildman–Crippen LogP) is 0.493. The minimum absolute atomic E-state index is 0.00787. The Morgan fingerprint density at radius 3 is 2.47 bits per heavy atom. The molecule has 0 spiro atoms. The minimum atomic E-state index is -3.29. The van der Waals surface area contributed by atoms with Crippen molar-refractivity contribution in [3.63, 3.8) is 0 Å². The molecule has 0 fully saturated rings. The molecule has 0 aliphatic carbocycles. The molecule has 0 bridgehead atoms. The van der Waals surface area contributed by atoms with Crippen molar-refractivity contribution in [3.05, 3.63) is 5.01 Å². The maximum absolute atomic E-state index is 11.2. The first-order valence-corrected chi connectivity index (χ1v) is 6.85. The summed E-state index contributed by atoms with van der Waals surface area (Å²) >= 11 is 1.14. The van der Waals surface area contributed by atoms with E-state index in [1.165, 1.54) is 0 Å². The molecule has 6 nitrogen and oxygen atoms in total. The van der Waals surface area contributed by atoms with Crippen LogP contribution in [0.5, 0.6) is 0 Å². The van der Waals surface area contributed by atoms with Gasteiger partial charge >= 0.3 is 0 Å². The predicted molar refractivity (Wildman–Crippen MR) is 60.2 cm³/mol. The van der Waals surface area contributed by atoms with Gasteiger partial charge in [-0.1, -0.05) is 11.3 Å². The molecule has 0 saturated carbocycles. The summed E-state index contributed by atoms with van der Waals surface area (Å²) in [6.07, 6.45) is 0. The maximum Gasteiger partial charge on any atom is 0.234 e. The van der Waals surface area contributed by atoms with Gasteiger partial charge in [0.1, 0.15) is 5.01 Å². The Morgan fingerprint density at radius 1 is 1.47 bits per heavy atom. The van der Waals surface area contributed by atoms with E-state index in [-0.39, 0.29) is 10.9 Å².